The zero-order valence-electron chi connectivity index (χ0n) is 15.1. The molecule has 2 aliphatic rings. The molecule has 1 aromatic carbocycles. The van der Waals surface area contributed by atoms with Gasteiger partial charge in [0.2, 0.25) is 0 Å². The molecule has 9 heteroatoms. The maximum absolute atomic E-state index is 12.9. The van der Waals surface area contributed by atoms with Gasteiger partial charge in [0.05, 0.1) is 11.5 Å². The molecule has 2 N–H and O–H groups in total. The second kappa shape index (κ2) is 7.51. The van der Waals surface area contributed by atoms with Crippen LogP contribution in [0.2, 0.25) is 0 Å². The number of likely N-dealkylation sites (tertiary alicyclic amines) is 1. The van der Waals surface area contributed by atoms with Crippen molar-refractivity contribution in [3.63, 3.8) is 0 Å². The number of carboxylic acids is 1. The van der Waals surface area contributed by atoms with Gasteiger partial charge in [0.15, 0.2) is 0 Å². The van der Waals surface area contributed by atoms with E-state index in [-0.39, 0.29) is 30.4 Å². The predicted molar refractivity (Wildman–Crippen MR) is 96.8 cm³/mol. The molecule has 1 saturated heterocycles. The van der Waals surface area contributed by atoms with Crippen molar-refractivity contribution in [2.45, 2.75) is 31.7 Å². The number of nitrogens with zero attached hydrogens (tertiary/aromatic N) is 2. The number of carbonyl (C=O) groups excluding carboxylic acids is 1. The van der Waals surface area contributed by atoms with Crippen molar-refractivity contribution in [1.29, 1.82) is 0 Å². The van der Waals surface area contributed by atoms with Crippen LogP contribution in [0.4, 0.5) is 11.4 Å². The first-order chi connectivity index (χ1) is 12.9. The number of rotatable bonds is 7. The molecule has 146 valence electrons. The predicted octanol–water partition coefficient (Wildman–Crippen LogP) is 2.12. The van der Waals surface area contributed by atoms with Crippen LogP contribution < -0.4 is 5.32 Å². The number of nitro groups is 1. The standard InChI is InChI=1S/C18H23N3O6/c1-27-11-18(17(23)24)7-2-8-20(10-18)16(22)12-3-6-14(19-13-4-5-13)15(9-12)21(25)26/h3,6,9,13,19H,2,4-5,7-8,10-11H2,1H3,(H,23,24). The summed E-state index contributed by atoms with van der Waals surface area (Å²) in [7, 11) is 1.43. The minimum atomic E-state index is -1.15. The lowest BCUT2D eigenvalue weighted by atomic mass is 9.80. The summed E-state index contributed by atoms with van der Waals surface area (Å²) in [5.41, 5.74) is -0.716. The minimum Gasteiger partial charge on any atom is -0.481 e. The third-order valence-electron chi connectivity index (χ3n) is 5.12. The average molecular weight is 377 g/mol. The van der Waals surface area contributed by atoms with Crippen molar-refractivity contribution in [2.24, 2.45) is 5.41 Å². The highest BCUT2D eigenvalue weighted by Gasteiger charge is 2.44. The van der Waals surface area contributed by atoms with Crippen LogP contribution in [0, 0.1) is 15.5 Å². The van der Waals surface area contributed by atoms with Gasteiger partial charge < -0.3 is 20.1 Å². The third-order valence-corrected chi connectivity index (χ3v) is 5.12. The zero-order chi connectivity index (χ0) is 19.6. The fourth-order valence-electron chi connectivity index (χ4n) is 3.50. The first kappa shape index (κ1) is 19.1. The van der Waals surface area contributed by atoms with Crippen LogP contribution in [-0.4, -0.2) is 59.7 Å². The maximum Gasteiger partial charge on any atom is 0.313 e. The van der Waals surface area contributed by atoms with E-state index in [2.05, 4.69) is 5.32 Å². The molecule has 0 bridgehead atoms. The Bertz CT molecular complexity index is 759. The van der Waals surface area contributed by atoms with Gasteiger partial charge in [-0.1, -0.05) is 0 Å². The van der Waals surface area contributed by atoms with E-state index < -0.39 is 22.2 Å². The van der Waals surface area contributed by atoms with Crippen LogP contribution in [0.25, 0.3) is 0 Å². The van der Waals surface area contributed by atoms with Crippen molar-refractivity contribution in [3.8, 4) is 0 Å². The third kappa shape index (κ3) is 4.02. The summed E-state index contributed by atoms with van der Waals surface area (Å²) in [5, 5.41) is 24.1. The number of anilines is 1. The Hall–Kier alpha value is -2.68. The minimum absolute atomic E-state index is 0.0104. The molecule has 0 radical (unpaired) electrons. The van der Waals surface area contributed by atoms with Gasteiger partial charge in [-0.15, -0.1) is 0 Å². The Morgan fingerprint density at radius 3 is 2.78 bits per heavy atom. The van der Waals surface area contributed by atoms with Crippen molar-refractivity contribution < 1.29 is 24.4 Å². The molecule has 1 aromatic rings. The van der Waals surface area contributed by atoms with Crippen LogP contribution in [0.3, 0.4) is 0 Å². The normalized spacial score (nSPS) is 22.3. The van der Waals surface area contributed by atoms with E-state index in [1.165, 1.54) is 18.1 Å². The van der Waals surface area contributed by atoms with Crippen molar-refractivity contribution >= 4 is 23.3 Å². The van der Waals surface area contributed by atoms with Crippen LogP contribution in [0.1, 0.15) is 36.0 Å². The Labute approximate surface area is 156 Å². The Morgan fingerprint density at radius 2 is 2.19 bits per heavy atom. The van der Waals surface area contributed by atoms with Gasteiger partial charge in [-0.25, -0.2) is 0 Å². The fraction of sp³-hybridized carbons (Fsp3) is 0.556. The maximum atomic E-state index is 12.9. The average Bonchev–Trinajstić information content (AvgIpc) is 3.45. The molecule has 1 unspecified atom stereocenters. The number of hydrogen-bond acceptors (Lipinski definition) is 6. The lowest BCUT2D eigenvalue weighted by Crippen LogP contribution is -2.52. The van der Waals surface area contributed by atoms with Gasteiger partial charge in [-0.05, 0) is 37.8 Å². The summed E-state index contributed by atoms with van der Waals surface area (Å²) in [5.74, 6) is -1.41. The quantitative estimate of drug-likeness (QED) is 0.551. The Kier molecular flexibility index (Phi) is 5.31. The Morgan fingerprint density at radius 1 is 1.44 bits per heavy atom. The first-order valence-corrected chi connectivity index (χ1v) is 8.93. The molecule has 1 aliphatic carbocycles. The largest absolute Gasteiger partial charge is 0.481 e. The van der Waals surface area contributed by atoms with Gasteiger partial charge in [-0.3, -0.25) is 19.7 Å². The van der Waals surface area contributed by atoms with Crippen molar-refractivity contribution in [1.82, 2.24) is 4.90 Å². The molecule has 1 saturated carbocycles. The summed E-state index contributed by atoms with van der Waals surface area (Å²) in [6.07, 6.45) is 2.90. The number of piperidine rings is 1. The molecule has 0 aromatic heterocycles. The number of carboxylic acid groups (broad SMARTS) is 1. The molecule has 27 heavy (non-hydrogen) atoms. The topological polar surface area (TPSA) is 122 Å². The number of methoxy groups -OCH3 is 1. The van der Waals surface area contributed by atoms with E-state index in [0.29, 0.717) is 25.1 Å². The second-order valence-corrected chi connectivity index (χ2v) is 7.26. The molecule has 1 amide bonds. The number of amides is 1. The summed E-state index contributed by atoms with van der Waals surface area (Å²) < 4.78 is 5.07. The van der Waals surface area contributed by atoms with Crippen LogP contribution in [-0.2, 0) is 9.53 Å². The van der Waals surface area contributed by atoms with Crippen LogP contribution >= 0.6 is 0 Å². The van der Waals surface area contributed by atoms with Gasteiger partial charge in [0.25, 0.3) is 11.6 Å². The zero-order valence-corrected chi connectivity index (χ0v) is 15.1. The summed E-state index contributed by atoms with van der Waals surface area (Å²) >= 11 is 0. The highest BCUT2D eigenvalue weighted by molar-refractivity contribution is 5.96. The van der Waals surface area contributed by atoms with E-state index in [1.807, 2.05) is 0 Å². The van der Waals surface area contributed by atoms with Crippen molar-refractivity contribution in [3.05, 3.63) is 33.9 Å². The number of carbonyl (C=O) groups is 2. The highest BCUT2D eigenvalue weighted by Crippen LogP contribution is 2.34. The lowest BCUT2D eigenvalue weighted by Gasteiger charge is -2.39. The van der Waals surface area contributed by atoms with E-state index in [9.17, 15) is 24.8 Å². The SMILES string of the molecule is COCC1(C(=O)O)CCCN(C(=O)c2ccc(NC3CC3)c([N+](=O)[O-])c2)C1. The molecule has 1 atom stereocenters. The number of nitro benzene ring substituents is 1. The second-order valence-electron chi connectivity index (χ2n) is 7.26. The smallest absolute Gasteiger partial charge is 0.313 e. The van der Waals surface area contributed by atoms with Gasteiger partial charge >= 0.3 is 5.97 Å². The Balaban J connectivity index is 1.83. The summed E-state index contributed by atoms with van der Waals surface area (Å²) in [4.78, 5) is 37.0. The van der Waals surface area contributed by atoms with E-state index in [1.54, 1.807) is 12.1 Å². The summed E-state index contributed by atoms with van der Waals surface area (Å²) in [6, 6.07) is 4.61. The number of benzene rings is 1. The van der Waals surface area contributed by atoms with Gasteiger partial charge in [0, 0.05) is 37.9 Å². The van der Waals surface area contributed by atoms with Crippen LogP contribution in [0.5, 0.6) is 0 Å². The van der Waals surface area contributed by atoms with Gasteiger partial charge in [-0.2, -0.15) is 0 Å². The van der Waals surface area contributed by atoms with Gasteiger partial charge in [0.1, 0.15) is 11.1 Å². The molecule has 1 heterocycles. The lowest BCUT2D eigenvalue weighted by molar-refractivity contribution is -0.384. The van der Waals surface area contributed by atoms with Crippen molar-refractivity contribution in [2.75, 3.05) is 32.1 Å². The molecule has 2 fully saturated rings. The number of aliphatic carboxylic acids is 1. The molecule has 0 spiro atoms. The fourth-order valence-corrected chi connectivity index (χ4v) is 3.50. The monoisotopic (exact) mass is 377 g/mol. The van der Waals surface area contributed by atoms with E-state index >= 15 is 0 Å². The molecule has 9 nitrogen and oxygen atoms in total. The molecule has 3 rings (SSSR count). The van der Waals surface area contributed by atoms with E-state index in [4.69, 9.17) is 4.74 Å². The summed E-state index contributed by atoms with van der Waals surface area (Å²) in [6.45, 7) is 0.439. The molecular formula is C18H23N3O6. The highest BCUT2D eigenvalue weighted by atomic mass is 16.6. The number of ether oxygens (including phenoxy) is 1. The van der Waals surface area contributed by atoms with E-state index in [0.717, 1.165) is 12.8 Å². The number of hydrogen-bond donors (Lipinski definition) is 2. The first-order valence-electron chi connectivity index (χ1n) is 8.93. The van der Waals surface area contributed by atoms with Crippen LogP contribution in [0.15, 0.2) is 18.2 Å². The number of nitrogens with one attached hydrogen (secondary N) is 1. The molecule has 1 aliphatic heterocycles. The molecular weight excluding hydrogens is 354 g/mol.